The van der Waals surface area contributed by atoms with Gasteiger partial charge in [0.2, 0.25) is 17.6 Å². The molecular weight excluding hydrogens is 671 g/mol. The number of hydrogen-bond donors (Lipinski definition) is 2. The fraction of sp³-hybridized carbons (Fsp3) is 0.0800. The van der Waals surface area contributed by atoms with E-state index >= 15 is 0 Å². The molecule has 0 saturated carbocycles. The van der Waals surface area contributed by atoms with Crippen molar-refractivity contribution in [2.24, 2.45) is 0 Å². The van der Waals surface area contributed by atoms with E-state index < -0.39 is 0 Å². The molecule has 0 radical (unpaired) electrons. The standard InChI is InChI=1S/C25H16Br2Cl2N2O3S2/c26-9-19(32)30-17-11-35-24(21(17)13-3-1-5-15(28)7-13)23(34)25-22(14-4-2-6-16(29)8-14)18(12-36-25)31-20(33)10-27/h1-8,11-12H,9-10H2,(H,30,32)(H,31,33). The first-order valence-electron chi connectivity index (χ1n) is 10.3. The molecule has 0 aliphatic heterocycles. The number of anilines is 2. The Labute approximate surface area is 242 Å². The molecule has 2 N–H and O–H groups in total. The molecular formula is C25H16Br2Cl2N2O3S2. The molecule has 0 bridgehead atoms. The fourth-order valence-corrected chi connectivity index (χ4v) is 6.23. The number of hydrogen-bond acceptors (Lipinski definition) is 5. The molecule has 0 fully saturated rings. The third-order valence-electron chi connectivity index (χ3n) is 5.01. The molecule has 2 heterocycles. The van der Waals surface area contributed by atoms with Gasteiger partial charge in [-0.15, -0.1) is 22.7 Å². The maximum atomic E-state index is 14.1. The third-order valence-corrected chi connectivity index (χ3v) is 8.46. The Hall–Kier alpha value is -2.01. The van der Waals surface area contributed by atoms with Gasteiger partial charge in [-0.05, 0) is 35.4 Å². The Morgan fingerprint density at radius 3 is 1.50 bits per heavy atom. The maximum absolute atomic E-state index is 14.1. The molecule has 36 heavy (non-hydrogen) atoms. The van der Waals surface area contributed by atoms with Crippen LogP contribution in [0.2, 0.25) is 10.0 Å². The summed E-state index contributed by atoms with van der Waals surface area (Å²) in [5.41, 5.74) is 3.60. The second-order valence-corrected chi connectivity index (χ2v) is 11.2. The summed E-state index contributed by atoms with van der Waals surface area (Å²) in [6.07, 6.45) is 0. The minimum atomic E-state index is -0.245. The molecule has 0 aliphatic rings. The van der Waals surface area contributed by atoms with E-state index in [0.717, 1.165) is 0 Å². The number of alkyl halides is 2. The largest absolute Gasteiger partial charge is 0.324 e. The van der Waals surface area contributed by atoms with Gasteiger partial charge in [0.25, 0.3) is 0 Å². The first-order valence-corrected chi connectivity index (χ1v) is 15.1. The minimum absolute atomic E-state index is 0.113. The summed E-state index contributed by atoms with van der Waals surface area (Å²) in [6.45, 7) is 0. The molecule has 0 saturated heterocycles. The van der Waals surface area contributed by atoms with Crippen molar-refractivity contribution in [3.63, 3.8) is 0 Å². The van der Waals surface area contributed by atoms with Crippen LogP contribution in [0.25, 0.3) is 22.3 Å². The Morgan fingerprint density at radius 1 is 0.722 bits per heavy atom. The number of amides is 2. The number of ketones is 1. The van der Waals surface area contributed by atoms with Crippen molar-refractivity contribution >= 4 is 107 Å². The molecule has 2 aromatic heterocycles. The van der Waals surface area contributed by atoms with Crippen LogP contribution in [-0.4, -0.2) is 28.3 Å². The SMILES string of the molecule is O=C(CBr)Nc1csc(C(=O)c2scc(NC(=O)CBr)c2-c2cccc(Cl)c2)c1-c1cccc(Cl)c1. The predicted molar refractivity (Wildman–Crippen MR) is 158 cm³/mol. The number of carbonyl (C=O) groups excluding carboxylic acids is 3. The van der Waals surface area contributed by atoms with E-state index in [1.807, 2.05) is 12.1 Å². The summed E-state index contributed by atoms with van der Waals surface area (Å²) in [5, 5.41) is 10.4. The monoisotopic (exact) mass is 684 g/mol. The summed E-state index contributed by atoms with van der Waals surface area (Å²) in [5.74, 6) is -0.732. The topological polar surface area (TPSA) is 75.3 Å². The van der Waals surface area contributed by atoms with Crippen LogP contribution in [0.4, 0.5) is 11.4 Å². The number of nitrogens with one attached hydrogen (secondary N) is 2. The zero-order valence-corrected chi connectivity index (χ0v) is 24.6. The summed E-state index contributed by atoms with van der Waals surface area (Å²) < 4.78 is 0. The van der Waals surface area contributed by atoms with Crippen molar-refractivity contribution in [2.45, 2.75) is 0 Å². The van der Waals surface area contributed by atoms with Crippen LogP contribution in [0.15, 0.2) is 59.3 Å². The predicted octanol–water partition coefficient (Wildman–Crippen LogP) is 8.35. The van der Waals surface area contributed by atoms with Gasteiger partial charge in [0.15, 0.2) is 0 Å². The van der Waals surface area contributed by atoms with Crippen molar-refractivity contribution in [3.05, 3.63) is 79.1 Å². The number of rotatable bonds is 8. The number of benzene rings is 2. The highest BCUT2D eigenvalue weighted by atomic mass is 79.9. The second kappa shape index (κ2) is 12.0. The van der Waals surface area contributed by atoms with Crippen LogP contribution in [0, 0.1) is 0 Å². The average Bonchev–Trinajstić information content (AvgIpc) is 3.47. The van der Waals surface area contributed by atoms with Gasteiger partial charge in [-0.1, -0.05) is 79.3 Å². The van der Waals surface area contributed by atoms with Crippen LogP contribution in [-0.2, 0) is 9.59 Å². The van der Waals surface area contributed by atoms with Gasteiger partial charge in [-0.3, -0.25) is 14.4 Å². The molecule has 0 unspecified atom stereocenters. The van der Waals surface area contributed by atoms with E-state index in [4.69, 9.17) is 23.2 Å². The minimum Gasteiger partial charge on any atom is -0.324 e. The van der Waals surface area contributed by atoms with E-state index in [1.54, 1.807) is 47.2 Å². The lowest BCUT2D eigenvalue weighted by Gasteiger charge is -2.11. The van der Waals surface area contributed by atoms with Gasteiger partial charge >= 0.3 is 0 Å². The van der Waals surface area contributed by atoms with Crippen LogP contribution in [0.5, 0.6) is 0 Å². The molecule has 4 aromatic rings. The number of thiophene rings is 2. The van der Waals surface area contributed by atoms with Crippen molar-refractivity contribution in [1.29, 1.82) is 0 Å². The fourth-order valence-electron chi connectivity index (χ4n) is 3.57. The lowest BCUT2D eigenvalue weighted by Crippen LogP contribution is -2.13. The summed E-state index contributed by atoms with van der Waals surface area (Å²) in [6, 6.07) is 14.2. The summed E-state index contributed by atoms with van der Waals surface area (Å²) in [7, 11) is 0. The van der Waals surface area contributed by atoms with Crippen LogP contribution >= 0.6 is 77.7 Å². The highest BCUT2D eigenvalue weighted by Gasteiger charge is 2.27. The Morgan fingerprint density at radius 2 is 1.14 bits per heavy atom. The first kappa shape index (κ1) is 27.0. The van der Waals surface area contributed by atoms with Crippen molar-refractivity contribution < 1.29 is 14.4 Å². The number of halogens is 4. The molecule has 0 aliphatic carbocycles. The van der Waals surface area contributed by atoms with Crippen LogP contribution in [0.3, 0.4) is 0 Å². The second-order valence-electron chi connectivity index (χ2n) is 7.42. The zero-order chi connectivity index (χ0) is 25.8. The third kappa shape index (κ3) is 5.93. The zero-order valence-electron chi connectivity index (χ0n) is 18.2. The molecule has 4 rings (SSSR count). The normalized spacial score (nSPS) is 10.8. The molecule has 0 spiro atoms. The van der Waals surface area contributed by atoms with E-state index in [2.05, 4.69) is 42.5 Å². The molecule has 0 atom stereocenters. The summed E-state index contributed by atoms with van der Waals surface area (Å²) in [4.78, 5) is 39.3. The van der Waals surface area contributed by atoms with Crippen molar-refractivity contribution in [1.82, 2.24) is 0 Å². The van der Waals surface area contributed by atoms with Gasteiger partial charge in [-0.25, -0.2) is 0 Å². The number of carbonyl (C=O) groups is 3. The molecule has 184 valence electrons. The van der Waals surface area contributed by atoms with E-state index in [0.29, 0.717) is 53.4 Å². The Balaban J connectivity index is 1.89. The van der Waals surface area contributed by atoms with E-state index in [1.165, 1.54) is 22.7 Å². The van der Waals surface area contributed by atoms with Crippen LogP contribution < -0.4 is 10.6 Å². The van der Waals surface area contributed by atoms with E-state index in [-0.39, 0.29) is 28.3 Å². The Kier molecular flexibility index (Phi) is 9.03. The van der Waals surface area contributed by atoms with Gasteiger partial charge in [-0.2, -0.15) is 0 Å². The average molecular weight is 687 g/mol. The lowest BCUT2D eigenvalue weighted by molar-refractivity contribution is -0.114. The Bertz CT molecular complexity index is 1360. The van der Waals surface area contributed by atoms with Crippen LogP contribution in [0.1, 0.15) is 14.5 Å². The first-order chi connectivity index (χ1) is 17.3. The lowest BCUT2D eigenvalue weighted by atomic mass is 9.99. The van der Waals surface area contributed by atoms with Gasteiger partial charge in [0.1, 0.15) is 0 Å². The molecule has 2 aromatic carbocycles. The molecule has 5 nitrogen and oxygen atoms in total. The summed E-state index contributed by atoms with van der Waals surface area (Å²) >= 11 is 21.3. The highest BCUT2D eigenvalue weighted by molar-refractivity contribution is 9.09. The smallest absolute Gasteiger partial charge is 0.235 e. The van der Waals surface area contributed by atoms with E-state index in [9.17, 15) is 14.4 Å². The maximum Gasteiger partial charge on any atom is 0.235 e. The highest BCUT2D eigenvalue weighted by Crippen LogP contribution is 2.44. The van der Waals surface area contributed by atoms with Gasteiger partial charge in [0.05, 0.1) is 31.8 Å². The van der Waals surface area contributed by atoms with Gasteiger partial charge < -0.3 is 10.6 Å². The molecule has 11 heteroatoms. The molecule has 2 amide bonds. The van der Waals surface area contributed by atoms with Crippen molar-refractivity contribution in [3.8, 4) is 22.3 Å². The van der Waals surface area contributed by atoms with Gasteiger partial charge in [0, 0.05) is 31.9 Å². The van der Waals surface area contributed by atoms with Crippen molar-refractivity contribution in [2.75, 3.05) is 21.3 Å². The quantitative estimate of drug-likeness (QED) is 0.145.